The van der Waals surface area contributed by atoms with Gasteiger partial charge in [0.1, 0.15) is 4.90 Å². The lowest BCUT2D eigenvalue weighted by molar-refractivity contribution is 0.0986. The van der Waals surface area contributed by atoms with Crippen LogP contribution in [-0.4, -0.2) is 36.9 Å². The predicted octanol–water partition coefficient (Wildman–Crippen LogP) is 2.81. The van der Waals surface area contributed by atoms with Gasteiger partial charge in [-0.2, -0.15) is 0 Å². The highest BCUT2D eigenvalue weighted by atomic mass is 32.2. The molecule has 0 aliphatic carbocycles. The van der Waals surface area contributed by atoms with Crippen molar-refractivity contribution in [1.29, 1.82) is 0 Å². The van der Waals surface area contributed by atoms with Crippen molar-refractivity contribution in [2.24, 2.45) is 0 Å². The van der Waals surface area contributed by atoms with E-state index in [-0.39, 0.29) is 16.4 Å². The minimum atomic E-state index is -4.35. The van der Waals surface area contributed by atoms with Crippen molar-refractivity contribution in [3.63, 3.8) is 0 Å². The number of aryl methyl sites for hydroxylation is 2. The van der Waals surface area contributed by atoms with Gasteiger partial charge in [0, 0.05) is 23.6 Å². The number of hydrogen-bond acceptors (Lipinski definition) is 6. The first-order valence-corrected chi connectivity index (χ1v) is 11.4. The molecule has 3 aromatic rings. The number of carbonyl (C=O) groups excluding carboxylic acids is 2. The highest BCUT2D eigenvalue weighted by Gasteiger charge is 2.30. The van der Waals surface area contributed by atoms with Gasteiger partial charge in [-0.05, 0) is 50.1 Å². The molecule has 0 fully saturated rings. The zero-order chi connectivity index (χ0) is 22.9. The van der Waals surface area contributed by atoms with E-state index in [1.165, 1.54) is 18.2 Å². The molecule has 0 saturated carbocycles. The fraction of sp³-hybridized carbons (Fsp3) is 0.182. The fourth-order valence-electron chi connectivity index (χ4n) is 3.66. The van der Waals surface area contributed by atoms with Crippen LogP contribution in [0.3, 0.4) is 0 Å². The molecule has 0 radical (unpaired) electrons. The molecule has 0 unspecified atom stereocenters. The lowest BCUT2D eigenvalue weighted by Crippen LogP contribution is -2.37. The maximum Gasteiger partial charge on any atom is 0.335 e. The van der Waals surface area contributed by atoms with Crippen LogP contribution in [0.5, 0.6) is 0 Å². The van der Waals surface area contributed by atoms with E-state index in [1.54, 1.807) is 30.9 Å². The average Bonchev–Trinajstić information content (AvgIpc) is 3.16. The van der Waals surface area contributed by atoms with Crippen LogP contribution in [0.15, 0.2) is 59.5 Å². The molecule has 0 saturated heterocycles. The Balaban J connectivity index is 1.58. The van der Waals surface area contributed by atoms with Gasteiger partial charge in [-0.1, -0.05) is 30.3 Å². The van der Waals surface area contributed by atoms with Crippen LogP contribution < -0.4 is 14.9 Å². The summed E-state index contributed by atoms with van der Waals surface area (Å²) in [6.07, 6.45) is 0.688. The van der Waals surface area contributed by atoms with Gasteiger partial charge < -0.3 is 4.90 Å². The van der Waals surface area contributed by atoms with Crippen molar-refractivity contribution in [3.05, 3.63) is 77.1 Å². The molecule has 0 spiro atoms. The van der Waals surface area contributed by atoms with Crippen LogP contribution in [0.2, 0.25) is 0 Å². The smallest absolute Gasteiger partial charge is 0.308 e. The first-order valence-electron chi connectivity index (χ1n) is 9.89. The van der Waals surface area contributed by atoms with Gasteiger partial charge in [0.2, 0.25) is 5.95 Å². The van der Waals surface area contributed by atoms with Crippen LogP contribution in [0.4, 0.5) is 16.4 Å². The zero-order valence-electron chi connectivity index (χ0n) is 17.5. The SMILES string of the molecule is Cc1cc(C)nc(NC(=O)NS(=O)(=O)c2ccccc2C(=O)N2CCc3ccccc32)n1. The first kappa shape index (κ1) is 21.4. The van der Waals surface area contributed by atoms with E-state index < -0.39 is 22.0 Å². The number of rotatable bonds is 4. The molecule has 3 amide bonds. The Kier molecular flexibility index (Phi) is 5.62. The van der Waals surface area contributed by atoms with Gasteiger partial charge in [0.05, 0.1) is 5.56 Å². The molecular weight excluding hydrogens is 430 g/mol. The van der Waals surface area contributed by atoms with Crippen LogP contribution in [-0.2, 0) is 16.4 Å². The summed E-state index contributed by atoms with van der Waals surface area (Å²) in [6.45, 7) is 3.91. The number of amides is 3. The number of aromatic nitrogens is 2. The molecule has 10 heteroatoms. The summed E-state index contributed by atoms with van der Waals surface area (Å²) in [6, 6.07) is 14.0. The number of sulfonamides is 1. The molecule has 2 aromatic carbocycles. The monoisotopic (exact) mass is 451 g/mol. The van der Waals surface area contributed by atoms with Gasteiger partial charge >= 0.3 is 6.03 Å². The van der Waals surface area contributed by atoms with Gasteiger partial charge in [-0.3, -0.25) is 10.1 Å². The van der Waals surface area contributed by atoms with Gasteiger partial charge in [-0.15, -0.1) is 0 Å². The largest absolute Gasteiger partial charge is 0.335 e. The Morgan fingerprint density at radius 1 is 0.969 bits per heavy atom. The third-order valence-electron chi connectivity index (χ3n) is 4.97. The van der Waals surface area contributed by atoms with Gasteiger partial charge in [-0.25, -0.2) is 27.9 Å². The molecule has 4 rings (SSSR count). The summed E-state index contributed by atoms with van der Waals surface area (Å²) >= 11 is 0. The number of hydrogen-bond donors (Lipinski definition) is 2. The number of fused-ring (bicyclic) bond motifs is 1. The summed E-state index contributed by atoms with van der Waals surface area (Å²) in [5, 5.41) is 2.32. The molecule has 2 N–H and O–H groups in total. The molecule has 32 heavy (non-hydrogen) atoms. The number of benzene rings is 2. The molecule has 9 nitrogen and oxygen atoms in total. The molecule has 1 aliphatic rings. The van der Waals surface area contributed by atoms with Crippen molar-refractivity contribution in [2.45, 2.75) is 25.2 Å². The molecule has 0 atom stereocenters. The Morgan fingerprint density at radius 3 is 2.38 bits per heavy atom. The summed E-state index contributed by atoms with van der Waals surface area (Å²) in [4.78, 5) is 35.0. The van der Waals surface area contributed by atoms with Crippen LogP contribution in [0.25, 0.3) is 0 Å². The van der Waals surface area contributed by atoms with Crippen molar-refractivity contribution in [3.8, 4) is 0 Å². The molecule has 1 aliphatic heterocycles. The maximum absolute atomic E-state index is 13.2. The topological polar surface area (TPSA) is 121 Å². The Labute approximate surface area is 185 Å². The van der Waals surface area contributed by atoms with Crippen molar-refractivity contribution in [2.75, 3.05) is 16.8 Å². The lowest BCUT2D eigenvalue weighted by Gasteiger charge is -2.19. The average molecular weight is 452 g/mol. The van der Waals surface area contributed by atoms with E-state index in [9.17, 15) is 18.0 Å². The van der Waals surface area contributed by atoms with Gasteiger partial charge in [0.15, 0.2) is 0 Å². The number of para-hydroxylation sites is 1. The second kappa shape index (κ2) is 8.39. The normalized spacial score (nSPS) is 12.9. The molecule has 0 bridgehead atoms. The number of anilines is 2. The second-order valence-corrected chi connectivity index (χ2v) is 9.02. The van der Waals surface area contributed by atoms with E-state index in [0.717, 1.165) is 11.3 Å². The van der Waals surface area contributed by atoms with Crippen LogP contribution in [0.1, 0.15) is 27.3 Å². The van der Waals surface area contributed by atoms with Crippen molar-refractivity contribution < 1.29 is 18.0 Å². The summed E-state index contributed by atoms with van der Waals surface area (Å²) < 4.78 is 27.9. The highest BCUT2D eigenvalue weighted by Crippen LogP contribution is 2.30. The zero-order valence-corrected chi connectivity index (χ0v) is 18.3. The summed E-state index contributed by atoms with van der Waals surface area (Å²) in [5.41, 5.74) is 3.00. The third kappa shape index (κ3) is 4.30. The van der Waals surface area contributed by atoms with E-state index in [4.69, 9.17) is 0 Å². The quantitative estimate of drug-likeness (QED) is 0.629. The number of nitrogens with zero attached hydrogens (tertiary/aromatic N) is 3. The number of carbonyl (C=O) groups is 2. The lowest BCUT2D eigenvalue weighted by atomic mass is 10.1. The van der Waals surface area contributed by atoms with Gasteiger partial charge in [0.25, 0.3) is 15.9 Å². The Bertz CT molecular complexity index is 1300. The van der Waals surface area contributed by atoms with Crippen molar-refractivity contribution in [1.82, 2.24) is 14.7 Å². The van der Waals surface area contributed by atoms with E-state index in [0.29, 0.717) is 24.4 Å². The van der Waals surface area contributed by atoms with Crippen LogP contribution >= 0.6 is 0 Å². The third-order valence-corrected chi connectivity index (χ3v) is 6.36. The first-order chi connectivity index (χ1) is 15.2. The molecule has 164 valence electrons. The maximum atomic E-state index is 13.2. The number of nitrogens with one attached hydrogen (secondary N) is 2. The highest BCUT2D eigenvalue weighted by molar-refractivity contribution is 7.90. The van der Waals surface area contributed by atoms with E-state index in [2.05, 4.69) is 15.3 Å². The molecule has 2 heterocycles. The van der Waals surface area contributed by atoms with E-state index in [1.807, 2.05) is 29.0 Å². The predicted molar refractivity (Wildman–Crippen MR) is 119 cm³/mol. The minimum Gasteiger partial charge on any atom is -0.308 e. The summed E-state index contributed by atoms with van der Waals surface area (Å²) in [5.74, 6) is -0.470. The van der Waals surface area contributed by atoms with E-state index >= 15 is 0 Å². The van der Waals surface area contributed by atoms with Crippen molar-refractivity contribution >= 4 is 33.6 Å². The Hall–Kier alpha value is -3.79. The fourth-order valence-corrected chi connectivity index (χ4v) is 4.77. The second-order valence-electron chi connectivity index (χ2n) is 7.37. The number of urea groups is 1. The Morgan fingerprint density at radius 2 is 1.62 bits per heavy atom. The summed E-state index contributed by atoms with van der Waals surface area (Å²) in [7, 11) is -4.35. The standard InChI is InChI=1S/C22H21N5O4S/c1-14-13-15(2)24-21(23-14)25-22(29)26-32(30,31)19-10-6-4-8-17(19)20(28)27-12-11-16-7-3-5-9-18(16)27/h3-10,13H,11-12H2,1-2H3,(H2,23,24,25,26,29). The molecule has 1 aromatic heterocycles. The molecular formula is C22H21N5O4S. The van der Waals surface area contributed by atoms with Crippen LogP contribution in [0, 0.1) is 13.8 Å². The minimum absolute atomic E-state index is 0.0202.